The molecule has 0 radical (unpaired) electrons. The zero-order chi connectivity index (χ0) is 19.6. The summed E-state index contributed by atoms with van der Waals surface area (Å²) in [6, 6.07) is 6.45. The van der Waals surface area contributed by atoms with Gasteiger partial charge in [-0.25, -0.2) is 0 Å². The van der Waals surface area contributed by atoms with Crippen LogP contribution in [0.25, 0.3) is 0 Å². The fourth-order valence-corrected chi connectivity index (χ4v) is 4.14. The second-order valence-corrected chi connectivity index (χ2v) is 7.72. The van der Waals surface area contributed by atoms with E-state index in [0.29, 0.717) is 12.1 Å². The molecule has 1 aromatic carbocycles. The Morgan fingerprint density at radius 2 is 1.81 bits per heavy atom. The molecule has 1 aliphatic heterocycles. The maximum Gasteiger partial charge on any atom is 0.310 e. The number of nitrogens with zero attached hydrogens (tertiary/aromatic N) is 2. The largest absolute Gasteiger partial charge is 0.346 e. The molecule has 1 aromatic rings. The number of carbonyl (C=O) groups excluding carboxylic acids is 3. The Kier molecular flexibility index (Phi) is 5.51. The zero-order valence-electron chi connectivity index (χ0n) is 16.2. The molecule has 1 fully saturated rings. The number of fused-ring (bicyclic) bond motifs is 1. The lowest BCUT2D eigenvalue weighted by molar-refractivity contribution is -0.140. The molecular weight excluding hydrogens is 344 g/mol. The monoisotopic (exact) mass is 372 g/mol. The van der Waals surface area contributed by atoms with E-state index >= 15 is 0 Å². The van der Waals surface area contributed by atoms with Crippen molar-refractivity contribution in [3.8, 4) is 0 Å². The summed E-state index contributed by atoms with van der Waals surface area (Å²) in [5, 5.41) is 5.37. The minimum Gasteiger partial charge on any atom is -0.346 e. The molecule has 3 amide bonds. The van der Waals surface area contributed by atoms with Gasteiger partial charge in [-0.1, -0.05) is 37.5 Å². The van der Waals surface area contributed by atoms with Crippen molar-refractivity contribution < 1.29 is 14.4 Å². The highest BCUT2D eigenvalue weighted by Gasteiger charge is 2.38. The van der Waals surface area contributed by atoms with Crippen LogP contribution in [0.2, 0.25) is 0 Å². The van der Waals surface area contributed by atoms with Gasteiger partial charge in [-0.2, -0.15) is 0 Å². The van der Waals surface area contributed by atoms with Crippen LogP contribution in [-0.2, 0) is 14.4 Å². The molecule has 7 nitrogen and oxygen atoms in total. The first-order valence-corrected chi connectivity index (χ1v) is 9.48. The lowest BCUT2D eigenvalue weighted by Gasteiger charge is -2.43. The summed E-state index contributed by atoms with van der Waals surface area (Å²) in [6.07, 6.45) is 5.46. The van der Waals surface area contributed by atoms with Gasteiger partial charge in [0.05, 0.1) is 0 Å². The van der Waals surface area contributed by atoms with Crippen molar-refractivity contribution in [1.29, 1.82) is 0 Å². The molecule has 0 aromatic heterocycles. The topological polar surface area (TPSA) is 81.8 Å². The van der Waals surface area contributed by atoms with E-state index in [4.69, 9.17) is 0 Å². The summed E-state index contributed by atoms with van der Waals surface area (Å²) in [5.74, 6) is -1.71. The van der Waals surface area contributed by atoms with Gasteiger partial charge >= 0.3 is 11.8 Å². The fraction of sp³-hybridized carbons (Fsp3) is 0.550. The van der Waals surface area contributed by atoms with Gasteiger partial charge in [-0.05, 0) is 33.0 Å². The van der Waals surface area contributed by atoms with Crippen molar-refractivity contribution in [3.05, 3.63) is 29.8 Å². The van der Waals surface area contributed by atoms with E-state index in [1.807, 2.05) is 32.3 Å². The molecule has 27 heavy (non-hydrogen) atoms. The lowest BCUT2D eigenvalue weighted by atomic mass is 9.80. The average molecular weight is 372 g/mol. The van der Waals surface area contributed by atoms with E-state index < -0.39 is 17.9 Å². The van der Waals surface area contributed by atoms with Crippen molar-refractivity contribution in [2.75, 3.05) is 32.6 Å². The highest BCUT2D eigenvalue weighted by molar-refractivity contribution is 6.35. The van der Waals surface area contributed by atoms with Gasteiger partial charge in [0.1, 0.15) is 6.04 Å². The molecule has 0 bridgehead atoms. The summed E-state index contributed by atoms with van der Waals surface area (Å²) < 4.78 is 0. The van der Waals surface area contributed by atoms with Gasteiger partial charge in [0.15, 0.2) is 0 Å². The number of carbonyl (C=O) groups is 3. The van der Waals surface area contributed by atoms with Crippen LogP contribution in [0.3, 0.4) is 0 Å². The van der Waals surface area contributed by atoms with E-state index in [0.717, 1.165) is 31.4 Å². The van der Waals surface area contributed by atoms with Gasteiger partial charge in [0.25, 0.3) is 5.91 Å². The normalized spacial score (nSPS) is 21.1. The maximum atomic E-state index is 12.4. The van der Waals surface area contributed by atoms with Crippen LogP contribution in [0.5, 0.6) is 0 Å². The van der Waals surface area contributed by atoms with E-state index in [-0.39, 0.29) is 11.4 Å². The number of hydrogen-bond donors (Lipinski definition) is 2. The number of hydrogen-bond acceptors (Lipinski definition) is 4. The maximum absolute atomic E-state index is 12.4. The third-order valence-corrected chi connectivity index (χ3v) is 5.98. The summed E-state index contributed by atoms with van der Waals surface area (Å²) >= 11 is 0. The van der Waals surface area contributed by atoms with E-state index in [1.54, 1.807) is 13.1 Å². The van der Waals surface area contributed by atoms with Crippen LogP contribution in [0.4, 0.5) is 5.69 Å². The van der Waals surface area contributed by atoms with Crippen LogP contribution in [0.15, 0.2) is 24.3 Å². The molecule has 1 aliphatic carbocycles. The Hall–Kier alpha value is -2.41. The predicted octanol–water partition coefficient (Wildman–Crippen LogP) is 1.20. The fourth-order valence-electron chi connectivity index (χ4n) is 4.14. The lowest BCUT2D eigenvalue weighted by Crippen LogP contribution is -2.55. The first-order chi connectivity index (χ1) is 12.9. The minimum absolute atomic E-state index is 0.107. The van der Waals surface area contributed by atoms with Crippen LogP contribution in [0.1, 0.15) is 43.7 Å². The number of rotatable bonds is 4. The van der Waals surface area contributed by atoms with Crippen molar-refractivity contribution >= 4 is 23.4 Å². The minimum atomic E-state index is -0.818. The van der Waals surface area contributed by atoms with E-state index in [2.05, 4.69) is 15.5 Å². The van der Waals surface area contributed by atoms with Crippen molar-refractivity contribution in [2.24, 2.45) is 0 Å². The Balaban J connectivity index is 1.63. The van der Waals surface area contributed by atoms with Gasteiger partial charge in [-0.3, -0.25) is 14.4 Å². The molecule has 146 valence electrons. The molecule has 2 N–H and O–H groups in total. The predicted molar refractivity (Wildman–Crippen MR) is 103 cm³/mol. The van der Waals surface area contributed by atoms with Crippen molar-refractivity contribution in [2.45, 2.75) is 43.7 Å². The second-order valence-electron chi connectivity index (χ2n) is 7.72. The number of benzene rings is 1. The number of amides is 3. The standard InChI is InChI=1S/C20H28N4O3/c1-23(2)20(11-7-4-8-12-20)13-21-17(25)18(26)22-16-14-9-5-6-10-15(14)24(3)19(16)27/h5-6,9-10,16H,4,7-8,11-13H2,1-3H3,(H,21,25)(H,22,26)/t16-/m1/s1. The molecular formula is C20H28N4O3. The van der Waals surface area contributed by atoms with E-state index in [9.17, 15) is 14.4 Å². The number of nitrogens with one attached hydrogen (secondary N) is 2. The Bertz CT molecular complexity index is 740. The third kappa shape index (κ3) is 3.69. The Morgan fingerprint density at radius 1 is 1.15 bits per heavy atom. The van der Waals surface area contributed by atoms with Crippen molar-refractivity contribution in [1.82, 2.24) is 15.5 Å². The van der Waals surface area contributed by atoms with Gasteiger partial charge < -0.3 is 20.4 Å². The van der Waals surface area contributed by atoms with Crippen molar-refractivity contribution in [3.63, 3.8) is 0 Å². The molecule has 1 heterocycles. The number of anilines is 1. The average Bonchev–Trinajstić information content (AvgIpc) is 2.92. The molecule has 1 atom stereocenters. The third-order valence-electron chi connectivity index (χ3n) is 5.98. The molecule has 7 heteroatoms. The summed E-state index contributed by atoms with van der Waals surface area (Å²) in [4.78, 5) is 40.9. The molecule has 1 saturated carbocycles. The smallest absolute Gasteiger partial charge is 0.310 e. The molecule has 0 saturated heterocycles. The van der Waals surface area contributed by atoms with Crippen LogP contribution >= 0.6 is 0 Å². The molecule has 3 rings (SSSR count). The highest BCUT2D eigenvalue weighted by Crippen LogP contribution is 2.34. The molecule has 0 spiro atoms. The summed E-state index contributed by atoms with van der Waals surface area (Å²) in [6.45, 7) is 0.432. The van der Waals surface area contributed by atoms with Gasteiger partial charge in [0, 0.05) is 30.4 Å². The van der Waals surface area contributed by atoms with Crippen LogP contribution in [-0.4, -0.2) is 55.8 Å². The van der Waals surface area contributed by atoms with E-state index in [1.165, 1.54) is 11.3 Å². The molecule has 0 unspecified atom stereocenters. The summed E-state index contributed by atoms with van der Waals surface area (Å²) in [7, 11) is 5.69. The molecule has 2 aliphatic rings. The van der Waals surface area contributed by atoms with Gasteiger partial charge in [-0.15, -0.1) is 0 Å². The van der Waals surface area contributed by atoms with Gasteiger partial charge in [0.2, 0.25) is 0 Å². The first kappa shape index (κ1) is 19.4. The second kappa shape index (κ2) is 7.68. The highest BCUT2D eigenvalue weighted by atomic mass is 16.2. The summed E-state index contributed by atoms with van der Waals surface area (Å²) in [5.41, 5.74) is 1.36. The zero-order valence-corrected chi connectivity index (χ0v) is 16.2. The Labute approximate surface area is 160 Å². The van der Waals surface area contributed by atoms with Crippen LogP contribution in [0, 0.1) is 0 Å². The number of likely N-dealkylation sites (N-methyl/N-ethyl adjacent to an activating group) is 2. The first-order valence-electron chi connectivity index (χ1n) is 9.48. The number of para-hydroxylation sites is 1. The SMILES string of the molecule is CN1C(=O)[C@H](NC(=O)C(=O)NCC2(N(C)C)CCCCC2)c2ccccc21. The quantitative estimate of drug-likeness (QED) is 0.778. The Morgan fingerprint density at radius 3 is 2.48 bits per heavy atom. The van der Waals surface area contributed by atoms with Crippen LogP contribution < -0.4 is 15.5 Å².